The quantitative estimate of drug-likeness (QED) is 0.923. The van der Waals surface area contributed by atoms with E-state index < -0.39 is 0 Å². The first-order chi connectivity index (χ1) is 9.16. The lowest BCUT2D eigenvalue weighted by Crippen LogP contribution is -2.47. The summed E-state index contributed by atoms with van der Waals surface area (Å²) < 4.78 is 2.05. The number of amides is 1. The fourth-order valence-corrected chi connectivity index (χ4v) is 2.99. The van der Waals surface area contributed by atoms with Crippen LogP contribution in [0.1, 0.15) is 42.2 Å². The number of carbonyl (C=O) groups is 1. The van der Waals surface area contributed by atoms with Gasteiger partial charge in [-0.2, -0.15) is 0 Å². The maximum absolute atomic E-state index is 12.6. The van der Waals surface area contributed by atoms with Crippen molar-refractivity contribution in [3.05, 3.63) is 23.0 Å². The van der Waals surface area contributed by atoms with Crippen LogP contribution in [0.4, 0.5) is 0 Å². The molecular formula is C14H20ClN3O. The Morgan fingerprint density at radius 3 is 2.89 bits per heavy atom. The van der Waals surface area contributed by atoms with Gasteiger partial charge in [-0.25, -0.2) is 0 Å². The highest BCUT2D eigenvalue weighted by Gasteiger charge is 2.30. The van der Waals surface area contributed by atoms with Crippen molar-refractivity contribution >= 4 is 17.5 Å². The first-order valence-electron chi connectivity index (χ1n) is 7.02. The second-order valence-corrected chi connectivity index (χ2v) is 6.03. The van der Waals surface area contributed by atoms with Gasteiger partial charge in [0.1, 0.15) is 5.69 Å². The Morgan fingerprint density at radius 1 is 1.47 bits per heavy atom. The van der Waals surface area contributed by atoms with Crippen LogP contribution in [-0.4, -0.2) is 41.6 Å². The molecule has 1 saturated carbocycles. The van der Waals surface area contributed by atoms with E-state index in [-0.39, 0.29) is 5.91 Å². The van der Waals surface area contributed by atoms with Gasteiger partial charge in [0.25, 0.3) is 5.91 Å². The van der Waals surface area contributed by atoms with Crippen molar-refractivity contribution in [2.75, 3.05) is 20.1 Å². The zero-order valence-electron chi connectivity index (χ0n) is 11.2. The molecule has 19 heavy (non-hydrogen) atoms. The van der Waals surface area contributed by atoms with Gasteiger partial charge in [-0.3, -0.25) is 4.79 Å². The van der Waals surface area contributed by atoms with Crippen LogP contribution < -0.4 is 5.32 Å². The summed E-state index contributed by atoms with van der Waals surface area (Å²) in [6.45, 7) is 1.95. The Kier molecular flexibility index (Phi) is 3.54. The van der Waals surface area contributed by atoms with Crippen molar-refractivity contribution in [2.24, 2.45) is 0 Å². The number of nitrogens with zero attached hydrogens (tertiary/aromatic N) is 2. The Bertz CT molecular complexity index is 475. The lowest BCUT2D eigenvalue weighted by molar-refractivity contribution is 0.0697. The first-order valence-corrected chi connectivity index (χ1v) is 7.40. The monoisotopic (exact) mass is 281 g/mol. The van der Waals surface area contributed by atoms with Crippen LogP contribution in [0.2, 0.25) is 5.02 Å². The second-order valence-electron chi connectivity index (χ2n) is 5.60. The molecule has 3 rings (SSSR count). The van der Waals surface area contributed by atoms with Crippen LogP contribution in [-0.2, 0) is 0 Å². The first kappa shape index (κ1) is 13.0. The Morgan fingerprint density at radius 2 is 2.26 bits per heavy atom. The molecular weight excluding hydrogens is 262 g/mol. The van der Waals surface area contributed by atoms with Crippen LogP contribution in [0.5, 0.6) is 0 Å². The van der Waals surface area contributed by atoms with Crippen molar-refractivity contribution in [2.45, 2.75) is 37.8 Å². The maximum Gasteiger partial charge on any atom is 0.270 e. The normalized spacial score (nSPS) is 23.4. The van der Waals surface area contributed by atoms with Crippen LogP contribution in [0.15, 0.2) is 12.3 Å². The highest BCUT2D eigenvalue weighted by Crippen LogP contribution is 2.37. The topological polar surface area (TPSA) is 37.3 Å². The summed E-state index contributed by atoms with van der Waals surface area (Å²) in [6.07, 6.45) is 6.40. The largest absolute Gasteiger partial charge is 0.339 e. The Hall–Kier alpha value is -1.00. The molecule has 1 atom stereocenters. The van der Waals surface area contributed by atoms with Gasteiger partial charge in [0.15, 0.2) is 0 Å². The predicted octanol–water partition coefficient (Wildman–Crippen LogP) is 2.30. The van der Waals surface area contributed by atoms with Gasteiger partial charge in [0.05, 0.1) is 5.02 Å². The average Bonchev–Trinajstić information content (AvgIpc) is 3.21. The molecule has 2 heterocycles. The van der Waals surface area contributed by atoms with Crippen molar-refractivity contribution in [3.8, 4) is 0 Å². The number of hydrogen-bond donors (Lipinski definition) is 1. The number of halogens is 1. The third kappa shape index (κ3) is 2.65. The van der Waals surface area contributed by atoms with Gasteiger partial charge < -0.3 is 14.8 Å². The maximum atomic E-state index is 12.6. The van der Waals surface area contributed by atoms with E-state index in [4.69, 9.17) is 11.6 Å². The molecule has 0 spiro atoms. The number of likely N-dealkylation sites (N-methyl/N-ethyl adjacent to an activating group) is 1. The SMILES string of the molecule is CN(C(=O)c1cc(Cl)cn1C1CC1)C1CCCNC1. The summed E-state index contributed by atoms with van der Waals surface area (Å²) in [5, 5.41) is 4.01. The van der Waals surface area contributed by atoms with Gasteiger partial charge >= 0.3 is 0 Å². The molecule has 0 bridgehead atoms. The molecule has 0 radical (unpaired) electrons. The number of carbonyl (C=O) groups excluding carboxylic acids is 1. The highest BCUT2D eigenvalue weighted by atomic mass is 35.5. The van der Waals surface area contributed by atoms with E-state index in [0.717, 1.165) is 44.5 Å². The van der Waals surface area contributed by atoms with E-state index >= 15 is 0 Å². The molecule has 0 aromatic carbocycles. The number of piperidine rings is 1. The third-order valence-electron chi connectivity index (χ3n) is 4.11. The minimum atomic E-state index is 0.0903. The molecule has 1 amide bonds. The molecule has 1 aliphatic heterocycles. The molecule has 2 aliphatic rings. The standard InChI is InChI=1S/C14H20ClN3O/c1-17(12-3-2-6-16-8-12)14(19)13-7-10(15)9-18(13)11-4-5-11/h7,9,11-12,16H,2-6,8H2,1H3. The summed E-state index contributed by atoms with van der Waals surface area (Å²) >= 11 is 6.07. The van der Waals surface area contributed by atoms with E-state index in [1.54, 1.807) is 6.07 Å². The van der Waals surface area contributed by atoms with Crippen LogP contribution >= 0.6 is 11.6 Å². The van der Waals surface area contributed by atoms with E-state index in [2.05, 4.69) is 9.88 Å². The molecule has 104 valence electrons. The van der Waals surface area contributed by atoms with Gasteiger partial charge in [-0.1, -0.05) is 11.6 Å². The summed E-state index contributed by atoms with van der Waals surface area (Å²) in [7, 11) is 1.90. The second kappa shape index (κ2) is 5.17. The lowest BCUT2D eigenvalue weighted by Gasteiger charge is -2.31. The van der Waals surface area contributed by atoms with Gasteiger partial charge in [0.2, 0.25) is 0 Å². The molecule has 1 aromatic rings. The Balaban J connectivity index is 1.78. The van der Waals surface area contributed by atoms with Crippen LogP contribution in [0, 0.1) is 0 Å². The van der Waals surface area contributed by atoms with Crippen molar-refractivity contribution < 1.29 is 4.79 Å². The highest BCUT2D eigenvalue weighted by molar-refractivity contribution is 6.31. The molecule has 2 fully saturated rings. The third-order valence-corrected chi connectivity index (χ3v) is 4.32. The summed E-state index contributed by atoms with van der Waals surface area (Å²) in [5.41, 5.74) is 0.737. The molecule has 1 aliphatic carbocycles. The van der Waals surface area contributed by atoms with E-state index in [9.17, 15) is 4.79 Å². The zero-order chi connectivity index (χ0) is 13.4. The number of hydrogen-bond acceptors (Lipinski definition) is 2. The van der Waals surface area contributed by atoms with Gasteiger partial charge in [0, 0.05) is 31.9 Å². The van der Waals surface area contributed by atoms with Crippen molar-refractivity contribution in [3.63, 3.8) is 0 Å². The van der Waals surface area contributed by atoms with Gasteiger partial charge in [-0.05, 0) is 38.3 Å². The number of rotatable bonds is 3. The fourth-order valence-electron chi connectivity index (χ4n) is 2.78. The van der Waals surface area contributed by atoms with E-state index in [0.29, 0.717) is 17.1 Å². The summed E-state index contributed by atoms with van der Waals surface area (Å²) in [5.74, 6) is 0.0903. The minimum absolute atomic E-state index is 0.0903. The van der Waals surface area contributed by atoms with Crippen LogP contribution in [0.3, 0.4) is 0 Å². The molecule has 4 nitrogen and oxygen atoms in total. The molecule has 1 aromatic heterocycles. The van der Waals surface area contributed by atoms with E-state index in [1.165, 1.54) is 0 Å². The van der Waals surface area contributed by atoms with Crippen molar-refractivity contribution in [1.29, 1.82) is 0 Å². The minimum Gasteiger partial charge on any atom is -0.339 e. The van der Waals surface area contributed by atoms with Crippen molar-refractivity contribution in [1.82, 2.24) is 14.8 Å². The van der Waals surface area contributed by atoms with Crippen LogP contribution in [0.25, 0.3) is 0 Å². The average molecular weight is 282 g/mol. The molecule has 1 unspecified atom stereocenters. The fraction of sp³-hybridized carbons (Fsp3) is 0.643. The van der Waals surface area contributed by atoms with Gasteiger partial charge in [-0.15, -0.1) is 0 Å². The number of nitrogens with one attached hydrogen (secondary N) is 1. The lowest BCUT2D eigenvalue weighted by atomic mass is 10.1. The zero-order valence-corrected chi connectivity index (χ0v) is 12.0. The Labute approximate surface area is 118 Å². The molecule has 1 N–H and O–H groups in total. The predicted molar refractivity (Wildman–Crippen MR) is 75.7 cm³/mol. The molecule has 1 saturated heterocycles. The van der Waals surface area contributed by atoms with E-state index in [1.807, 2.05) is 18.1 Å². The molecule has 5 heteroatoms. The summed E-state index contributed by atoms with van der Waals surface area (Å²) in [6, 6.07) is 2.57. The smallest absolute Gasteiger partial charge is 0.270 e. The summed E-state index contributed by atoms with van der Waals surface area (Å²) in [4.78, 5) is 14.5. The number of aromatic nitrogens is 1.